The van der Waals surface area contributed by atoms with E-state index < -0.39 is 12.0 Å². The van der Waals surface area contributed by atoms with Crippen molar-refractivity contribution in [3.63, 3.8) is 0 Å². The van der Waals surface area contributed by atoms with E-state index in [0.717, 1.165) is 5.56 Å². The van der Waals surface area contributed by atoms with Gasteiger partial charge in [-0.25, -0.2) is 0 Å². The van der Waals surface area contributed by atoms with Crippen LogP contribution in [0.25, 0.3) is 0 Å². The molecule has 27 heavy (non-hydrogen) atoms. The first kappa shape index (κ1) is 22.8. The Labute approximate surface area is 160 Å². The van der Waals surface area contributed by atoms with Gasteiger partial charge < -0.3 is 25.6 Å². The van der Waals surface area contributed by atoms with E-state index in [9.17, 15) is 14.7 Å². The molecule has 2 unspecified atom stereocenters. The number of hydrogen-bond donors (Lipinski definition) is 4. The van der Waals surface area contributed by atoms with Crippen molar-refractivity contribution in [3.05, 3.63) is 48.6 Å². The summed E-state index contributed by atoms with van der Waals surface area (Å²) in [5.74, 6) is -1.09. The molecule has 7 nitrogen and oxygen atoms in total. The predicted octanol–water partition coefficient (Wildman–Crippen LogP) is 0.414. The van der Waals surface area contributed by atoms with Crippen LogP contribution in [-0.2, 0) is 20.7 Å². The lowest BCUT2D eigenvalue weighted by Gasteiger charge is -2.21. The smallest absolute Gasteiger partial charge is 0.224 e. The van der Waals surface area contributed by atoms with E-state index in [4.69, 9.17) is 9.84 Å². The number of amides is 2. The van der Waals surface area contributed by atoms with Crippen molar-refractivity contribution in [3.8, 4) is 0 Å². The Morgan fingerprint density at radius 3 is 2.56 bits per heavy atom. The van der Waals surface area contributed by atoms with Crippen LogP contribution < -0.4 is 10.6 Å². The quantitative estimate of drug-likeness (QED) is 0.277. The molecule has 150 valence electrons. The maximum atomic E-state index is 12.5. The highest BCUT2D eigenvalue weighted by Crippen LogP contribution is 2.11. The fraction of sp³-hybridized carbons (Fsp3) is 0.500. The van der Waals surface area contributed by atoms with E-state index in [1.54, 1.807) is 6.08 Å². The van der Waals surface area contributed by atoms with Crippen LogP contribution in [0.2, 0.25) is 0 Å². The summed E-state index contributed by atoms with van der Waals surface area (Å²) in [7, 11) is 0. The van der Waals surface area contributed by atoms with E-state index in [1.807, 2.05) is 30.3 Å². The van der Waals surface area contributed by atoms with Crippen molar-refractivity contribution in [2.45, 2.75) is 25.3 Å². The zero-order valence-electron chi connectivity index (χ0n) is 15.6. The molecule has 1 aromatic rings. The molecule has 0 bridgehead atoms. The van der Waals surface area contributed by atoms with Crippen LogP contribution in [0.4, 0.5) is 0 Å². The molecule has 0 aliphatic carbocycles. The van der Waals surface area contributed by atoms with Gasteiger partial charge in [-0.05, 0) is 18.4 Å². The molecule has 0 heterocycles. The minimum atomic E-state index is -0.550. The van der Waals surface area contributed by atoms with Crippen LogP contribution in [0.1, 0.15) is 18.4 Å². The number of carbonyl (C=O) groups is 2. The third kappa shape index (κ3) is 9.89. The number of aliphatic hydroxyl groups excluding tert-OH is 2. The highest BCUT2D eigenvalue weighted by atomic mass is 16.5. The van der Waals surface area contributed by atoms with Crippen molar-refractivity contribution < 1.29 is 24.5 Å². The summed E-state index contributed by atoms with van der Waals surface area (Å²) in [6.07, 6.45) is 2.51. The van der Waals surface area contributed by atoms with Gasteiger partial charge in [0.1, 0.15) is 0 Å². The Morgan fingerprint density at radius 2 is 1.93 bits per heavy atom. The van der Waals surface area contributed by atoms with Crippen LogP contribution in [0.3, 0.4) is 0 Å². The first-order valence-corrected chi connectivity index (χ1v) is 9.12. The summed E-state index contributed by atoms with van der Waals surface area (Å²) in [6.45, 7) is 4.24. The van der Waals surface area contributed by atoms with E-state index in [0.29, 0.717) is 26.0 Å². The zero-order valence-corrected chi connectivity index (χ0v) is 15.6. The third-order valence-corrected chi connectivity index (χ3v) is 3.95. The van der Waals surface area contributed by atoms with Crippen LogP contribution in [-0.4, -0.2) is 61.0 Å². The second kappa shape index (κ2) is 13.9. The molecule has 0 saturated heterocycles. The van der Waals surface area contributed by atoms with Gasteiger partial charge >= 0.3 is 0 Å². The van der Waals surface area contributed by atoms with Gasteiger partial charge in [-0.15, -0.1) is 6.58 Å². The molecule has 2 atom stereocenters. The van der Waals surface area contributed by atoms with Gasteiger partial charge in [0.15, 0.2) is 0 Å². The lowest BCUT2D eigenvalue weighted by Crippen LogP contribution is -2.43. The average molecular weight is 378 g/mol. The fourth-order valence-corrected chi connectivity index (χ4v) is 2.59. The van der Waals surface area contributed by atoms with Crippen molar-refractivity contribution in [1.29, 1.82) is 0 Å². The molecule has 0 aliphatic rings. The molecule has 0 aliphatic heterocycles. The lowest BCUT2D eigenvalue weighted by atomic mass is 9.98. The fourth-order valence-electron chi connectivity index (χ4n) is 2.59. The highest BCUT2D eigenvalue weighted by molar-refractivity contribution is 5.86. The molecule has 1 aromatic carbocycles. The van der Waals surface area contributed by atoms with Gasteiger partial charge in [-0.2, -0.15) is 0 Å². The molecular formula is C20H30N2O5. The van der Waals surface area contributed by atoms with E-state index in [1.165, 1.54) is 0 Å². The Hall–Kier alpha value is -2.22. The molecule has 1 rings (SSSR count). The zero-order chi connectivity index (χ0) is 19.9. The number of allylic oxidation sites excluding steroid dienone is 1. The molecule has 7 heteroatoms. The van der Waals surface area contributed by atoms with Crippen molar-refractivity contribution >= 4 is 11.8 Å². The topological polar surface area (TPSA) is 108 Å². The van der Waals surface area contributed by atoms with Gasteiger partial charge in [0.05, 0.1) is 38.4 Å². The van der Waals surface area contributed by atoms with Gasteiger partial charge in [0, 0.05) is 13.0 Å². The summed E-state index contributed by atoms with van der Waals surface area (Å²) in [5, 5.41) is 23.7. The van der Waals surface area contributed by atoms with Crippen LogP contribution in [0.15, 0.2) is 43.0 Å². The van der Waals surface area contributed by atoms with Gasteiger partial charge in [-0.3, -0.25) is 9.59 Å². The summed E-state index contributed by atoms with van der Waals surface area (Å²) in [5.41, 5.74) is 1.01. The first-order chi connectivity index (χ1) is 13.1. The number of rotatable bonds is 14. The van der Waals surface area contributed by atoms with Gasteiger partial charge in [0.25, 0.3) is 0 Å². The van der Waals surface area contributed by atoms with E-state index >= 15 is 0 Å². The Kier molecular flexibility index (Phi) is 11.8. The summed E-state index contributed by atoms with van der Waals surface area (Å²) >= 11 is 0. The standard InChI is InChI=1S/C20H30N2O5/c1-2-6-17(14-19(25)21-9-11-27-12-10-23)20(26)22-18(15-24)13-16-7-4-3-5-8-16/h2-5,7-8,17-18,23-24H,1,6,9-15H2,(H,21,25)(H,22,26). The largest absolute Gasteiger partial charge is 0.394 e. The second-order valence-electron chi connectivity index (χ2n) is 6.19. The Bertz CT molecular complexity index is 565. The van der Waals surface area contributed by atoms with Crippen LogP contribution in [0.5, 0.6) is 0 Å². The number of ether oxygens (including phenoxy) is 1. The van der Waals surface area contributed by atoms with Crippen molar-refractivity contribution in [1.82, 2.24) is 10.6 Å². The molecule has 4 N–H and O–H groups in total. The maximum Gasteiger partial charge on any atom is 0.224 e. The molecule has 0 aromatic heterocycles. The number of benzene rings is 1. The minimum Gasteiger partial charge on any atom is -0.394 e. The van der Waals surface area contributed by atoms with Crippen LogP contribution in [0, 0.1) is 5.92 Å². The molecule has 0 radical (unpaired) electrons. The van der Waals surface area contributed by atoms with Gasteiger partial charge in [0.2, 0.25) is 11.8 Å². The molecule has 2 amide bonds. The summed E-state index contributed by atoms with van der Waals surface area (Å²) in [4.78, 5) is 24.6. The van der Waals surface area contributed by atoms with Gasteiger partial charge in [-0.1, -0.05) is 36.4 Å². The van der Waals surface area contributed by atoms with E-state index in [2.05, 4.69) is 17.2 Å². The number of aliphatic hydroxyl groups is 2. The maximum absolute atomic E-state index is 12.5. The number of carbonyl (C=O) groups excluding carboxylic acids is 2. The highest BCUT2D eigenvalue weighted by Gasteiger charge is 2.23. The Balaban J connectivity index is 2.50. The van der Waals surface area contributed by atoms with Crippen LogP contribution >= 0.6 is 0 Å². The molecular weight excluding hydrogens is 348 g/mol. The number of nitrogens with one attached hydrogen (secondary N) is 2. The molecule has 0 saturated carbocycles. The van der Waals surface area contributed by atoms with Crippen molar-refractivity contribution in [2.24, 2.45) is 5.92 Å². The first-order valence-electron chi connectivity index (χ1n) is 9.12. The third-order valence-electron chi connectivity index (χ3n) is 3.95. The molecule has 0 fully saturated rings. The Morgan fingerprint density at radius 1 is 1.19 bits per heavy atom. The normalized spacial score (nSPS) is 12.8. The monoisotopic (exact) mass is 378 g/mol. The van der Waals surface area contributed by atoms with E-state index in [-0.39, 0.29) is 38.1 Å². The summed E-state index contributed by atoms with van der Waals surface area (Å²) < 4.78 is 5.07. The SMILES string of the molecule is C=CCC(CC(=O)NCCOCCO)C(=O)NC(CO)Cc1ccccc1. The minimum absolute atomic E-state index is 0.0291. The van der Waals surface area contributed by atoms with Crippen molar-refractivity contribution in [2.75, 3.05) is 33.0 Å². The predicted molar refractivity (Wildman–Crippen MR) is 103 cm³/mol. The summed E-state index contributed by atoms with van der Waals surface area (Å²) in [6, 6.07) is 9.16. The number of hydrogen-bond acceptors (Lipinski definition) is 5. The molecule has 0 spiro atoms. The lowest BCUT2D eigenvalue weighted by molar-refractivity contribution is -0.131. The average Bonchev–Trinajstić information content (AvgIpc) is 2.67. The second-order valence-corrected chi connectivity index (χ2v) is 6.19.